The number of nitrogens with zero attached hydrogens (tertiary/aromatic N) is 4. The van der Waals surface area contributed by atoms with Crippen molar-refractivity contribution in [1.82, 2.24) is 14.5 Å². The van der Waals surface area contributed by atoms with Crippen LogP contribution in [-0.2, 0) is 4.79 Å². The number of hydrogen-bond donors (Lipinski definition) is 0. The number of amides is 1. The predicted molar refractivity (Wildman–Crippen MR) is 119 cm³/mol. The van der Waals surface area contributed by atoms with Gasteiger partial charge in [-0.3, -0.25) is 4.79 Å². The van der Waals surface area contributed by atoms with E-state index in [1.165, 1.54) is 0 Å². The van der Waals surface area contributed by atoms with Crippen LogP contribution in [0.25, 0.3) is 11.8 Å². The molecule has 1 aliphatic rings. The van der Waals surface area contributed by atoms with Gasteiger partial charge >= 0.3 is 0 Å². The molecule has 2 unspecified atom stereocenters. The van der Waals surface area contributed by atoms with E-state index >= 15 is 0 Å². The van der Waals surface area contributed by atoms with Crippen LogP contribution in [0.1, 0.15) is 22.7 Å². The zero-order chi connectivity index (χ0) is 21.8. The molecule has 0 N–H and O–H groups in total. The van der Waals surface area contributed by atoms with Gasteiger partial charge in [0.05, 0.1) is 36.8 Å². The summed E-state index contributed by atoms with van der Waals surface area (Å²) in [5.41, 5.74) is 3.77. The Bertz CT molecular complexity index is 1140. The van der Waals surface area contributed by atoms with Gasteiger partial charge in [-0.05, 0) is 36.3 Å². The fraction of sp³-hybridized carbons (Fsp3) is 0.240. The Morgan fingerprint density at radius 1 is 1.23 bits per heavy atom. The number of hydrogen-bond acceptors (Lipinski definition) is 4. The lowest BCUT2D eigenvalue weighted by atomic mass is 9.90. The third-order valence-corrected chi connectivity index (χ3v) is 5.64. The topological polar surface area (TPSA) is 71.2 Å². The number of benzene rings is 2. The lowest BCUT2D eigenvalue weighted by Gasteiger charge is -2.14. The van der Waals surface area contributed by atoms with Gasteiger partial charge in [0.2, 0.25) is 5.91 Å². The Balaban J connectivity index is 1.48. The maximum Gasteiger partial charge on any atom is 0.246 e. The van der Waals surface area contributed by atoms with Crippen molar-refractivity contribution >= 4 is 12.0 Å². The van der Waals surface area contributed by atoms with E-state index in [0.29, 0.717) is 18.8 Å². The molecule has 1 aliphatic heterocycles. The Morgan fingerprint density at radius 3 is 2.71 bits per heavy atom. The molecule has 1 saturated heterocycles. The first-order valence-electron chi connectivity index (χ1n) is 10.2. The second kappa shape index (κ2) is 8.88. The molecule has 6 nitrogen and oxygen atoms in total. The lowest BCUT2D eigenvalue weighted by molar-refractivity contribution is -0.125. The summed E-state index contributed by atoms with van der Waals surface area (Å²) in [4.78, 5) is 18.8. The highest BCUT2D eigenvalue weighted by molar-refractivity contribution is 5.92. The Labute approximate surface area is 182 Å². The first-order chi connectivity index (χ1) is 15.1. The zero-order valence-electron chi connectivity index (χ0n) is 17.6. The van der Waals surface area contributed by atoms with Crippen LogP contribution in [0.15, 0.2) is 67.1 Å². The van der Waals surface area contributed by atoms with Gasteiger partial charge in [0, 0.05) is 31.3 Å². The largest absolute Gasteiger partial charge is 0.495 e. The van der Waals surface area contributed by atoms with Crippen molar-refractivity contribution in [1.29, 1.82) is 5.26 Å². The van der Waals surface area contributed by atoms with E-state index in [1.807, 2.05) is 66.2 Å². The number of aryl methyl sites for hydroxylation is 1. The lowest BCUT2D eigenvalue weighted by Crippen LogP contribution is -2.27. The number of carbonyl (C=O) groups is 1. The van der Waals surface area contributed by atoms with Crippen molar-refractivity contribution in [2.45, 2.75) is 12.8 Å². The first kappa shape index (κ1) is 20.4. The molecular weight excluding hydrogens is 388 g/mol. The fourth-order valence-electron chi connectivity index (χ4n) is 3.99. The fourth-order valence-corrected chi connectivity index (χ4v) is 3.99. The number of carbonyl (C=O) groups excluding carboxylic acids is 1. The molecule has 2 atom stereocenters. The molecule has 0 radical (unpaired) electrons. The minimum Gasteiger partial charge on any atom is -0.495 e. The van der Waals surface area contributed by atoms with Crippen LogP contribution in [0.4, 0.5) is 0 Å². The first-order valence-corrected chi connectivity index (χ1v) is 10.2. The van der Waals surface area contributed by atoms with Crippen LogP contribution in [0.5, 0.6) is 5.75 Å². The number of aromatic nitrogens is 2. The molecule has 1 amide bonds. The van der Waals surface area contributed by atoms with E-state index in [4.69, 9.17) is 4.74 Å². The zero-order valence-corrected chi connectivity index (χ0v) is 17.6. The highest BCUT2D eigenvalue weighted by atomic mass is 16.5. The van der Waals surface area contributed by atoms with Gasteiger partial charge in [0.1, 0.15) is 5.75 Å². The summed E-state index contributed by atoms with van der Waals surface area (Å²) >= 11 is 0. The second-order valence-corrected chi connectivity index (χ2v) is 7.68. The van der Waals surface area contributed by atoms with Crippen molar-refractivity contribution in [3.8, 4) is 17.5 Å². The van der Waals surface area contributed by atoms with Crippen LogP contribution in [0.3, 0.4) is 0 Å². The van der Waals surface area contributed by atoms with Crippen molar-refractivity contribution in [3.63, 3.8) is 0 Å². The van der Waals surface area contributed by atoms with Crippen LogP contribution in [-0.4, -0.2) is 40.6 Å². The van der Waals surface area contributed by atoms with E-state index in [2.05, 4.69) is 11.1 Å². The molecular formula is C25H24N4O2. The smallest absolute Gasteiger partial charge is 0.246 e. The molecule has 0 bridgehead atoms. The van der Waals surface area contributed by atoms with Crippen LogP contribution in [0.2, 0.25) is 0 Å². The number of nitriles is 1. The summed E-state index contributed by atoms with van der Waals surface area (Å²) in [6.07, 6.45) is 7.02. The predicted octanol–water partition coefficient (Wildman–Crippen LogP) is 3.97. The monoisotopic (exact) mass is 412 g/mol. The molecule has 0 aliphatic carbocycles. The van der Waals surface area contributed by atoms with Crippen molar-refractivity contribution < 1.29 is 9.53 Å². The van der Waals surface area contributed by atoms with E-state index < -0.39 is 0 Å². The highest BCUT2D eigenvalue weighted by Gasteiger charge is 2.35. The van der Waals surface area contributed by atoms with Gasteiger partial charge < -0.3 is 14.2 Å². The molecule has 0 saturated carbocycles. The van der Waals surface area contributed by atoms with Gasteiger partial charge in [-0.1, -0.05) is 36.4 Å². The van der Waals surface area contributed by atoms with E-state index in [-0.39, 0.29) is 17.7 Å². The quantitative estimate of drug-likeness (QED) is 0.595. The molecule has 3 aromatic rings. The average Bonchev–Trinajstić information content (AvgIpc) is 3.44. The summed E-state index contributed by atoms with van der Waals surface area (Å²) in [5, 5.41) is 9.56. The standard InChI is InChI=1S/C25H24N4O2/c1-18-14-29(17-27-18)23-10-8-19(12-24(23)31-2)9-11-25(30)28-15-21(13-26)22(16-28)20-6-4-3-5-7-20/h3-12,14,17,21-22H,15-16H2,1-2H3. The number of rotatable bonds is 5. The third-order valence-electron chi connectivity index (χ3n) is 5.64. The molecule has 31 heavy (non-hydrogen) atoms. The van der Waals surface area contributed by atoms with Crippen molar-refractivity contribution in [2.75, 3.05) is 20.2 Å². The molecule has 6 heteroatoms. The van der Waals surface area contributed by atoms with Crippen LogP contribution < -0.4 is 4.74 Å². The molecule has 2 heterocycles. The maximum atomic E-state index is 12.8. The SMILES string of the molecule is COc1cc(C=CC(=O)N2CC(C#N)C(c3ccccc3)C2)ccc1-n1cnc(C)c1. The van der Waals surface area contributed by atoms with E-state index in [9.17, 15) is 10.1 Å². The Morgan fingerprint density at radius 2 is 2.03 bits per heavy atom. The third kappa shape index (κ3) is 4.36. The maximum absolute atomic E-state index is 12.8. The normalized spacial score (nSPS) is 18.3. The Hall–Kier alpha value is -3.85. The number of imidazole rings is 1. The van der Waals surface area contributed by atoms with Crippen molar-refractivity contribution in [2.24, 2.45) is 5.92 Å². The van der Waals surface area contributed by atoms with Gasteiger partial charge in [0.25, 0.3) is 0 Å². The van der Waals surface area contributed by atoms with E-state index in [1.54, 1.807) is 30.5 Å². The summed E-state index contributed by atoms with van der Waals surface area (Å²) in [6, 6.07) is 18.1. The molecule has 1 fully saturated rings. The number of ether oxygens (including phenoxy) is 1. The molecule has 156 valence electrons. The number of likely N-dealkylation sites (tertiary alicyclic amines) is 1. The van der Waals surface area contributed by atoms with Crippen LogP contribution >= 0.6 is 0 Å². The minimum absolute atomic E-state index is 0.0431. The molecule has 0 spiro atoms. The van der Waals surface area contributed by atoms with Crippen molar-refractivity contribution in [3.05, 3.63) is 84.0 Å². The number of methoxy groups -OCH3 is 1. The summed E-state index contributed by atoms with van der Waals surface area (Å²) in [7, 11) is 1.62. The van der Waals surface area contributed by atoms with Gasteiger partial charge in [-0.2, -0.15) is 5.26 Å². The van der Waals surface area contributed by atoms with E-state index in [0.717, 1.165) is 22.5 Å². The van der Waals surface area contributed by atoms with Crippen LogP contribution in [0, 0.1) is 24.2 Å². The van der Waals surface area contributed by atoms with Gasteiger partial charge in [-0.25, -0.2) is 4.98 Å². The highest BCUT2D eigenvalue weighted by Crippen LogP contribution is 2.32. The minimum atomic E-state index is -0.197. The molecule has 4 rings (SSSR count). The summed E-state index contributed by atoms with van der Waals surface area (Å²) < 4.78 is 7.44. The average molecular weight is 412 g/mol. The van der Waals surface area contributed by atoms with Gasteiger partial charge in [0.15, 0.2) is 0 Å². The summed E-state index contributed by atoms with van der Waals surface area (Å²) in [6.45, 7) is 2.93. The Kier molecular flexibility index (Phi) is 5.85. The summed E-state index contributed by atoms with van der Waals surface area (Å²) in [5.74, 6) is 0.452. The molecule has 2 aromatic carbocycles. The second-order valence-electron chi connectivity index (χ2n) is 7.68. The van der Waals surface area contributed by atoms with Gasteiger partial charge in [-0.15, -0.1) is 0 Å². The molecule has 1 aromatic heterocycles.